The fourth-order valence-electron chi connectivity index (χ4n) is 1.58. The first-order chi connectivity index (χ1) is 7.22. The zero-order chi connectivity index (χ0) is 11.3. The molecule has 0 heterocycles. The number of aliphatic hydroxyl groups is 2. The molecule has 0 saturated heterocycles. The molecular weight excluding hydrogens is 190 g/mol. The van der Waals surface area contributed by atoms with E-state index in [-0.39, 0.29) is 19.3 Å². The van der Waals surface area contributed by atoms with Gasteiger partial charge in [0, 0.05) is 5.69 Å². The molecule has 0 saturated carbocycles. The molecule has 3 heteroatoms. The van der Waals surface area contributed by atoms with Crippen molar-refractivity contribution >= 4 is 5.69 Å². The number of hydrogen-bond acceptors (Lipinski definition) is 3. The Morgan fingerprint density at radius 1 is 1.27 bits per heavy atom. The maximum Gasteiger partial charge on any atom is 0.0723 e. The van der Waals surface area contributed by atoms with E-state index in [1.807, 2.05) is 19.1 Å². The summed E-state index contributed by atoms with van der Waals surface area (Å²) < 4.78 is 0. The fourth-order valence-corrected chi connectivity index (χ4v) is 1.58. The molecule has 84 valence electrons. The average molecular weight is 209 g/mol. The molecule has 1 aromatic rings. The first kappa shape index (κ1) is 12.0. The van der Waals surface area contributed by atoms with E-state index < -0.39 is 0 Å². The van der Waals surface area contributed by atoms with E-state index in [9.17, 15) is 0 Å². The van der Waals surface area contributed by atoms with Crippen LogP contribution in [0.5, 0.6) is 0 Å². The molecule has 3 nitrogen and oxygen atoms in total. The second-order valence-electron chi connectivity index (χ2n) is 3.67. The van der Waals surface area contributed by atoms with Crippen LogP contribution < -0.4 is 5.32 Å². The Bertz CT molecular complexity index is 308. The van der Waals surface area contributed by atoms with E-state index >= 15 is 0 Å². The normalized spacial score (nSPS) is 10.7. The Balaban J connectivity index is 2.91. The highest BCUT2D eigenvalue weighted by atomic mass is 16.3. The highest BCUT2D eigenvalue weighted by molar-refractivity contribution is 5.57. The van der Waals surface area contributed by atoms with Crippen LogP contribution in [0.1, 0.15) is 18.1 Å². The van der Waals surface area contributed by atoms with E-state index in [2.05, 4.69) is 18.3 Å². The van der Waals surface area contributed by atoms with Gasteiger partial charge < -0.3 is 15.5 Å². The smallest absolute Gasteiger partial charge is 0.0723 e. The van der Waals surface area contributed by atoms with Gasteiger partial charge in [-0.15, -0.1) is 0 Å². The third-order valence-corrected chi connectivity index (χ3v) is 2.53. The molecule has 0 bridgehead atoms. The lowest BCUT2D eigenvalue weighted by molar-refractivity contribution is 0.204. The van der Waals surface area contributed by atoms with Gasteiger partial charge in [-0.3, -0.25) is 0 Å². The molecule has 0 aliphatic heterocycles. The Labute approximate surface area is 90.8 Å². The SMILES string of the molecule is CCc1cccc(C)c1NC(CO)CO. The van der Waals surface area contributed by atoms with Crippen molar-refractivity contribution in [1.82, 2.24) is 0 Å². The third-order valence-electron chi connectivity index (χ3n) is 2.53. The number of aryl methyl sites for hydroxylation is 2. The van der Waals surface area contributed by atoms with E-state index in [1.54, 1.807) is 0 Å². The number of para-hydroxylation sites is 1. The van der Waals surface area contributed by atoms with Gasteiger partial charge in [0.15, 0.2) is 0 Å². The summed E-state index contributed by atoms with van der Waals surface area (Å²) in [6.07, 6.45) is 0.938. The Hall–Kier alpha value is -1.06. The zero-order valence-electron chi connectivity index (χ0n) is 9.33. The van der Waals surface area contributed by atoms with Gasteiger partial charge in [0.1, 0.15) is 0 Å². The molecule has 0 amide bonds. The number of nitrogens with one attached hydrogen (secondary N) is 1. The lowest BCUT2D eigenvalue weighted by Gasteiger charge is -2.19. The van der Waals surface area contributed by atoms with Crippen molar-refractivity contribution in [1.29, 1.82) is 0 Å². The molecule has 1 rings (SSSR count). The van der Waals surface area contributed by atoms with Crippen molar-refractivity contribution in [2.24, 2.45) is 0 Å². The van der Waals surface area contributed by atoms with Crippen molar-refractivity contribution in [2.45, 2.75) is 26.3 Å². The van der Waals surface area contributed by atoms with Crippen LogP contribution >= 0.6 is 0 Å². The minimum Gasteiger partial charge on any atom is -0.394 e. The van der Waals surface area contributed by atoms with Crippen molar-refractivity contribution < 1.29 is 10.2 Å². The monoisotopic (exact) mass is 209 g/mol. The van der Waals surface area contributed by atoms with Crippen molar-refractivity contribution in [3.8, 4) is 0 Å². The average Bonchev–Trinajstić information content (AvgIpc) is 2.27. The van der Waals surface area contributed by atoms with Gasteiger partial charge in [-0.25, -0.2) is 0 Å². The fraction of sp³-hybridized carbons (Fsp3) is 0.500. The highest BCUT2D eigenvalue weighted by Crippen LogP contribution is 2.21. The summed E-state index contributed by atoms with van der Waals surface area (Å²) in [5.74, 6) is 0. The molecule has 3 N–H and O–H groups in total. The Morgan fingerprint density at radius 3 is 2.47 bits per heavy atom. The van der Waals surface area contributed by atoms with Crippen molar-refractivity contribution in [3.63, 3.8) is 0 Å². The number of anilines is 1. The summed E-state index contributed by atoms with van der Waals surface area (Å²) in [6.45, 7) is 3.99. The predicted molar refractivity (Wildman–Crippen MR) is 62.1 cm³/mol. The van der Waals surface area contributed by atoms with Crippen LogP contribution in [0.15, 0.2) is 18.2 Å². The molecule has 0 aliphatic rings. The lowest BCUT2D eigenvalue weighted by atomic mass is 10.1. The lowest BCUT2D eigenvalue weighted by Crippen LogP contribution is -2.28. The van der Waals surface area contributed by atoms with E-state index in [0.29, 0.717) is 0 Å². The third kappa shape index (κ3) is 2.94. The minimum atomic E-state index is -0.281. The first-order valence-corrected chi connectivity index (χ1v) is 5.29. The molecule has 0 aliphatic carbocycles. The molecule has 0 spiro atoms. The number of aliphatic hydroxyl groups excluding tert-OH is 2. The number of benzene rings is 1. The summed E-state index contributed by atoms with van der Waals surface area (Å²) in [5.41, 5.74) is 3.39. The van der Waals surface area contributed by atoms with Crippen LogP contribution in [-0.4, -0.2) is 29.5 Å². The standard InChI is InChI=1S/C12H19NO2/c1-3-10-6-4-5-9(2)12(10)13-11(7-14)8-15/h4-6,11,13-15H,3,7-8H2,1-2H3. The van der Waals surface area contributed by atoms with Crippen molar-refractivity contribution in [2.75, 3.05) is 18.5 Å². The Kier molecular flexibility index (Phi) is 4.59. The van der Waals surface area contributed by atoms with Gasteiger partial charge in [-0.2, -0.15) is 0 Å². The zero-order valence-corrected chi connectivity index (χ0v) is 9.33. The van der Waals surface area contributed by atoms with E-state index in [4.69, 9.17) is 10.2 Å². The van der Waals surface area contributed by atoms with Crippen LogP contribution in [0.4, 0.5) is 5.69 Å². The topological polar surface area (TPSA) is 52.5 Å². The molecular formula is C12H19NO2. The molecule has 1 aromatic carbocycles. The first-order valence-electron chi connectivity index (χ1n) is 5.29. The summed E-state index contributed by atoms with van der Waals surface area (Å²) in [4.78, 5) is 0. The van der Waals surface area contributed by atoms with Crippen LogP contribution in [0.25, 0.3) is 0 Å². The molecule has 0 radical (unpaired) electrons. The van der Waals surface area contributed by atoms with Crippen LogP contribution in [-0.2, 0) is 6.42 Å². The minimum absolute atomic E-state index is 0.0615. The van der Waals surface area contributed by atoms with Gasteiger partial charge in [0.2, 0.25) is 0 Å². The van der Waals surface area contributed by atoms with Gasteiger partial charge in [0.25, 0.3) is 0 Å². The molecule has 0 aromatic heterocycles. The quantitative estimate of drug-likeness (QED) is 0.685. The summed E-state index contributed by atoms with van der Waals surface area (Å²) in [7, 11) is 0. The van der Waals surface area contributed by atoms with Gasteiger partial charge in [-0.1, -0.05) is 25.1 Å². The number of hydrogen-bond donors (Lipinski definition) is 3. The largest absolute Gasteiger partial charge is 0.394 e. The van der Waals surface area contributed by atoms with E-state index in [1.165, 1.54) is 5.56 Å². The molecule has 0 fully saturated rings. The second-order valence-corrected chi connectivity index (χ2v) is 3.67. The summed E-state index contributed by atoms with van der Waals surface area (Å²) in [6, 6.07) is 5.82. The second kappa shape index (κ2) is 5.73. The van der Waals surface area contributed by atoms with E-state index in [0.717, 1.165) is 17.7 Å². The van der Waals surface area contributed by atoms with Crippen LogP contribution in [0.3, 0.4) is 0 Å². The van der Waals surface area contributed by atoms with Gasteiger partial charge in [0.05, 0.1) is 19.3 Å². The van der Waals surface area contributed by atoms with Gasteiger partial charge >= 0.3 is 0 Å². The highest BCUT2D eigenvalue weighted by Gasteiger charge is 2.09. The van der Waals surface area contributed by atoms with Crippen molar-refractivity contribution in [3.05, 3.63) is 29.3 Å². The molecule has 0 unspecified atom stereocenters. The van der Waals surface area contributed by atoms with Crippen LogP contribution in [0, 0.1) is 6.92 Å². The number of rotatable bonds is 5. The Morgan fingerprint density at radius 2 is 1.93 bits per heavy atom. The maximum absolute atomic E-state index is 9.02. The summed E-state index contributed by atoms with van der Waals surface area (Å²) in [5, 5.41) is 21.2. The van der Waals surface area contributed by atoms with Crippen LogP contribution in [0.2, 0.25) is 0 Å². The van der Waals surface area contributed by atoms with Gasteiger partial charge in [-0.05, 0) is 24.5 Å². The summed E-state index contributed by atoms with van der Waals surface area (Å²) >= 11 is 0. The maximum atomic E-state index is 9.02. The predicted octanol–water partition coefficient (Wildman–Crippen LogP) is 1.32. The molecule has 15 heavy (non-hydrogen) atoms. The molecule has 0 atom stereocenters.